The molecule has 0 radical (unpaired) electrons. The van der Waals surface area contributed by atoms with Crippen LogP contribution in [0, 0.1) is 0 Å². The average Bonchev–Trinajstić information content (AvgIpc) is 3.17. The zero-order chi connectivity index (χ0) is 12.5. The maximum Gasteiger partial charge on any atom is 0.261 e. The van der Waals surface area contributed by atoms with Gasteiger partial charge in [0.1, 0.15) is 6.54 Å². The molecule has 92 valence electrons. The van der Waals surface area contributed by atoms with Gasteiger partial charge in [0.05, 0.1) is 17.2 Å². The minimum Gasteiger partial charge on any atom is -0.352 e. The van der Waals surface area contributed by atoms with E-state index in [0.717, 1.165) is 12.8 Å². The molecule has 1 fully saturated rings. The standard InChI is InChI=1S/C13H13N3O2/c17-12(15-9-5-6-9)7-16-8-14-11-4-2-1-3-10(11)13(16)18/h1-4,8-9H,5-7H2,(H,15,17). The van der Waals surface area contributed by atoms with Crippen molar-refractivity contribution in [2.24, 2.45) is 0 Å². The summed E-state index contributed by atoms with van der Waals surface area (Å²) in [4.78, 5) is 27.9. The first-order valence-corrected chi connectivity index (χ1v) is 5.97. The molecule has 1 aliphatic rings. The molecule has 3 rings (SSSR count). The molecule has 18 heavy (non-hydrogen) atoms. The summed E-state index contributed by atoms with van der Waals surface area (Å²) in [5, 5.41) is 3.39. The predicted octanol–water partition coefficient (Wildman–Crippen LogP) is 0.675. The molecule has 0 unspecified atom stereocenters. The number of para-hydroxylation sites is 1. The number of nitrogens with one attached hydrogen (secondary N) is 1. The fraction of sp³-hybridized carbons (Fsp3) is 0.308. The fourth-order valence-electron chi connectivity index (χ4n) is 1.87. The number of rotatable bonds is 3. The van der Waals surface area contributed by atoms with Gasteiger partial charge in [-0.05, 0) is 25.0 Å². The predicted molar refractivity (Wildman–Crippen MR) is 67.2 cm³/mol. The molecular weight excluding hydrogens is 230 g/mol. The van der Waals surface area contributed by atoms with Gasteiger partial charge in [0, 0.05) is 6.04 Å². The van der Waals surface area contributed by atoms with E-state index < -0.39 is 0 Å². The lowest BCUT2D eigenvalue weighted by Crippen LogP contribution is -2.33. The molecule has 1 aliphatic carbocycles. The molecule has 0 spiro atoms. The molecule has 0 saturated heterocycles. The highest BCUT2D eigenvalue weighted by Gasteiger charge is 2.23. The van der Waals surface area contributed by atoms with Crippen molar-refractivity contribution in [1.29, 1.82) is 0 Å². The Bertz CT molecular complexity index is 659. The highest BCUT2D eigenvalue weighted by Crippen LogP contribution is 2.18. The molecule has 5 heteroatoms. The lowest BCUT2D eigenvalue weighted by molar-refractivity contribution is -0.121. The van der Waals surface area contributed by atoms with Crippen molar-refractivity contribution < 1.29 is 4.79 Å². The van der Waals surface area contributed by atoms with Gasteiger partial charge in [-0.15, -0.1) is 0 Å². The van der Waals surface area contributed by atoms with E-state index in [-0.39, 0.29) is 18.0 Å². The van der Waals surface area contributed by atoms with E-state index in [1.165, 1.54) is 10.9 Å². The van der Waals surface area contributed by atoms with Crippen molar-refractivity contribution in [1.82, 2.24) is 14.9 Å². The van der Waals surface area contributed by atoms with E-state index in [1.807, 2.05) is 6.07 Å². The van der Waals surface area contributed by atoms with Crippen LogP contribution in [0.15, 0.2) is 35.4 Å². The Morgan fingerprint density at radius 2 is 2.17 bits per heavy atom. The summed E-state index contributed by atoms with van der Waals surface area (Å²) in [6.45, 7) is 0.0349. The molecule has 5 nitrogen and oxygen atoms in total. The van der Waals surface area contributed by atoms with Crippen molar-refractivity contribution in [3.8, 4) is 0 Å². The Balaban J connectivity index is 1.89. The third-order valence-corrected chi connectivity index (χ3v) is 2.99. The number of carbonyl (C=O) groups excluding carboxylic acids is 1. The molecule has 1 saturated carbocycles. The highest BCUT2D eigenvalue weighted by atomic mass is 16.2. The van der Waals surface area contributed by atoms with Crippen molar-refractivity contribution in [3.63, 3.8) is 0 Å². The van der Waals surface area contributed by atoms with Crippen LogP contribution in [0.25, 0.3) is 10.9 Å². The molecule has 1 aromatic carbocycles. The molecule has 0 bridgehead atoms. The van der Waals surface area contributed by atoms with Crippen LogP contribution in [0.4, 0.5) is 0 Å². The van der Waals surface area contributed by atoms with Crippen LogP contribution in [-0.2, 0) is 11.3 Å². The van der Waals surface area contributed by atoms with Crippen LogP contribution in [0.1, 0.15) is 12.8 Å². The monoisotopic (exact) mass is 243 g/mol. The van der Waals surface area contributed by atoms with E-state index in [2.05, 4.69) is 10.3 Å². The van der Waals surface area contributed by atoms with Crippen LogP contribution in [-0.4, -0.2) is 21.5 Å². The average molecular weight is 243 g/mol. The first-order chi connectivity index (χ1) is 8.74. The molecule has 0 aliphatic heterocycles. The lowest BCUT2D eigenvalue weighted by atomic mass is 10.2. The summed E-state index contributed by atoms with van der Waals surface area (Å²) < 4.78 is 1.35. The second kappa shape index (κ2) is 4.25. The molecule has 2 aromatic rings. The van der Waals surface area contributed by atoms with Gasteiger partial charge < -0.3 is 5.32 Å². The number of aromatic nitrogens is 2. The fourth-order valence-corrected chi connectivity index (χ4v) is 1.87. The van der Waals surface area contributed by atoms with Gasteiger partial charge >= 0.3 is 0 Å². The Kier molecular flexibility index (Phi) is 2.59. The zero-order valence-electron chi connectivity index (χ0n) is 9.80. The number of nitrogens with zero attached hydrogens (tertiary/aromatic N) is 2. The van der Waals surface area contributed by atoms with E-state index >= 15 is 0 Å². The maximum atomic E-state index is 12.1. The topological polar surface area (TPSA) is 64.0 Å². The largest absolute Gasteiger partial charge is 0.352 e. The third kappa shape index (κ3) is 2.11. The van der Waals surface area contributed by atoms with Crippen LogP contribution < -0.4 is 10.9 Å². The maximum absolute atomic E-state index is 12.1. The van der Waals surface area contributed by atoms with Crippen LogP contribution >= 0.6 is 0 Å². The molecule has 0 atom stereocenters. The molecular formula is C13H13N3O2. The normalized spacial score (nSPS) is 14.7. The van der Waals surface area contributed by atoms with E-state index in [0.29, 0.717) is 16.9 Å². The smallest absolute Gasteiger partial charge is 0.261 e. The van der Waals surface area contributed by atoms with Crippen LogP contribution in [0.5, 0.6) is 0 Å². The molecule has 1 amide bonds. The number of amides is 1. The van der Waals surface area contributed by atoms with E-state index in [4.69, 9.17) is 0 Å². The number of benzene rings is 1. The Hall–Kier alpha value is -2.17. The first kappa shape index (κ1) is 11.0. The van der Waals surface area contributed by atoms with Gasteiger partial charge in [0.15, 0.2) is 0 Å². The van der Waals surface area contributed by atoms with Gasteiger partial charge in [-0.1, -0.05) is 12.1 Å². The van der Waals surface area contributed by atoms with Crippen molar-refractivity contribution in [3.05, 3.63) is 40.9 Å². The number of hydrogen-bond acceptors (Lipinski definition) is 3. The zero-order valence-corrected chi connectivity index (χ0v) is 9.80. The first-order valence-electron chi connectivity index (χ1n) is 5.97. The number of fused-ring (bicyclic) bond motifs is 1. The van der Waals surface area contributed by atoms with Gasteiger partial charge in [-0.3, -0.25) is 14.2 Å². The summed E-state index contributed by atoms with van der Waals surface area (Å²) in [7, 11) is 0. The SMILES string of the molecule is O=C(Cn1cnc2ccccc2c1=O)NC1CC1. The third-order valence-electron chi connectivity index (χ3n) is 2.99. The van der Waals surface area contributed by atoms with Gasteiger partial charge in [-0.2, -0.15) is 0 Å². The van der Waals surface area contributed by atoms with E-state index in [9.17, 15) is 9.59 Å². The van der Waals surface area contributed by atoms with E-state index in [1.54, 1.807) is 18.2 Å². The highest BCUT2D eigenvalue weighted by molar-refractivity contribution is 5.79. The van der Waals surface area contributed by atoms with Crippen molar-refractivity contribution in [2.45, 2.75) is 25.4 Å². The summed E-state index contributed by atoms with van der Waals surface area (Å²) >= 11 is 0. The number of hydrogen-bond donors (Lipinski definition) is 1. The summed E-state index contributed by atoms with van der Waals surface area (Å²) in [5.74, 6) is -0.128. The number of carbonyl (C=O) groups is 1. The second-order valence-corrected chi connectivity index (χ2v) is 4.54. The summed E-state index contributed by atoms with van der Waals surface area (Å²) in [6.07, 6.45) is 3.50. The van der Waals surface area contributed by atoms with Crippen molar-refractivity contribution in [2.75, 3.05) is 0 Å². The van der Waals surface area contributed by atoms with Gasteiger partial charge in [-0.25, -0.2) is 4.98 Å². The minimum absolute atomic E-state index is 0.0349. The van der Waals surface area contributed by atoms with Crippen molar-refractivity contribution >= 4 is 16.8 Å². The van der Waals surface area contributed by atoms with Gasteiger partial charge in [0.25, 0.3) is 5.56 Å². The summed E-state index contributed by atoms with van der Waals surface area (Å²) in [5.41, 5.74) is 0.480. The molecule has 1 heterocycles. The Labute approximate surface area is 103 Å². The van der Waals surface area contributed by atoms with Crippen LogP contribution in [0.3, 0.4) is 0 Å². The lowest BCUT2D eigenvalue weighted by Gasteiger charge is -2.06. The van der Waals surface area contributed by atoms with Gasteiger partial charge in [0.2, 0.25) is 5.91 Å². The molecule has 1 aromatic heterocycles. The quantitative estimate of drug-likeness (QED) is 0.862. The molecule has 1 N–H and O–H groups in total. The second-order valence-electron chi connectivity index (χ2n) is 4.54. The minimum atomic E-state index is -0.174. The van der Waals surface area contributed by atoms with Crippen LogP contribution in [0.2, 0.25) is 0 Å². The summed E-state index contributed by atoms with van der Waals surface area (Å²) in [6, 6.07) is 7.44. The Morgan fingerprint density at radius 1 is 1.39 bits per heavy atom. The Morgan fingerprint density at radius 3 is 2.94 bits per heavy atom.